The molecule has 0 fully saturated rings. The molecular weight excluding hydrogens is 844 g/mol. The molecule has 66 heavy (non-hydrogen) atoms. The van der Waals surface area contributed by atoms with Crippen LogP contribution in [-0.2, 0) is 54.8 Å². The molecular formula is C51H59FN6O8. The number of nitrogens with zero attached hydrogens (tertiary/aromatic N) is 2. The molecule has 0 bridgehead atoms. The van der Waals surface area contributed by atoms with Crippen molar-refractivity contribution in [3.63, 3.8) is 0 Å². The van der Waals surface area contributed by atoms with E-state index in [9.17, 15) is 29.1 Å². The quantitative estimate of drug-likeness (QED) is 0.0740. The van der Waals surface area contributed by atoms with Gasteiger partial charge in [-0.05, 0) is 135 Å². The Labute approximate surface area is 384 Å². The number of aryl methyl sites for hydroxylation is 1. The highest BCUT2D eigenvalue weighted by molar-refractivity contribution is 6.12. The van der Waals surface area contributed by atoms with Gasteiger partial charge in [0.2, 0.25) is 11.8 Å². The third-order valence-corrected chi connectivity index (χ3v) is 12.8. The van der Waals surface area contributed by atoms with Crippen LogP contribution in [0.3, 0.4) is 0 Å². The molecule has 348 valence electrons. The number of rotatable bonds is 19. The third kappa shape index (κ3) is 10.3. The second kappa shape index (κ2) is 20.8. The van der Waals surface area contributed by atoms with Crippen LogP contribution in [0.1, 0.15) is 95.7 Å². The van der Waals surface area contributed by atoms with Crippen molar-refractivity contribution in [2.45, 2.75) is 103 Å². The Morgan fingerprint density at radius 3 is 2.48 bits per heavy atom. The normalized spacial score (nSPS) is 19.0. The summed E-state index contributed by atoms with van der Waals surface area (Å²) in [6.07, 6.45) is 5.55. The number of aromatic nitrogens is 1. The lowest BCUT2D eigenvalue weighted by Gasteiger charge is -2.32. The Hall–Kier alpha value is -6.42. The fraction of sp³-hybridized carbons (Fsp3) is 0.392. The van der Waals surface area contributed by atoms with Gasteiger partial charge in [0.05, 0.1) is 37.1 Å². The van der Waals surface area contributed by atoms with E-state index >= 15 is 4.39 Å². The van der Waals surface area contributed by atoms with Gasteiger partial charge < -0.3 is 40.4 Å². The van der Waals surface area contributed by atoms with Gasteiger partial charge in [0.1, 0.15) is 30.3 Å². The van der Waals surface area contributed by atoms with Gasteiger partial charge in [0, 0.05) is 42.1 Å². The standard InChI is InChI=1S/C51H59FN6O8/c1-29-23-40(52)31(3)36-17-18-43(48(47(29)36)38-26-58-42(32(38)4)24-37-39(51(58)64)28-65-33(5)49(37)62)66-27-34-13-15-35(16-14-34)56-50(63)41(11-10-21-53-6)55-30(2)25-54-44(59)12-8-7-9-22-57-45(60)19-20-46(57)61/h13-16,19-20,23-24,41,43,49,53,55,62H,2,4-5,7-12,17-18,21-22,25-28H2,1,3,6H3,(H,54,59)(H,56,63)/b48-38-/t41?,43-,49?/m0/s1. The number of pyridine rings is 1. The number of hydrogen-bond donors (Lipinski definition) is 5. The van der Waals surface area contributed by atoms with Gasteiger partial charge >= 0.3 is 0 Å². The molecule has 0 saturated heterocycles. The van der Waals surface area contributed by atoms with Crippen LogP contribution in [0.15, 0.2) is 90.1 Å². The molecule has 4 heterocycles. The van der Waals surface area contributed by atoms with E-state index in [2.05, 4.69) is 41.0 Å². The number of nitrogens with one attached hydrogen (secondary N) is 4. The van der Waals surface area contributed by atoms with Gasteiger partial charge in [-0.2, -0.15) is 0 Å². The minimum atomic E-state index is -1.13. The van der Waals surface area contributed by atoms with Crippen LogP contribution >= 0.6 is 0 Å². The van der Waals surface area contributed by atoms with Crippen LogP contribution < -0.4 is 26.8 Å². The molecule has 4 amide bonds. The van der Waals surface area contributed by atoms with E-state index in [-0.39, 0.29) is 73.5 Å². The number of halogens is 1. The molecule has 3 atom stereocenters. The van der Waals surface area contributed by atoms with Crippen molar-refractivity contribution in [1.82, 2.24) is 25.4 Å². The summed E-state index contributed by atoms with van der Waals surface area (Å²) in [6, 6.07) is 10.1. The van der Waals surface area contributed by atoms with Crippen molar-refractivity contribution in [2.75, 3.05) is 32.0 Å². The Bertz CT molecular complexity index is 2580. The molecule has 0 saturated carbocycles. The zero-order chi connectivity index (χ0) is 47.2. The highest BCUT2D eigenvalue weighted by Crippen LogP contribution is 2.45. The van der Waals surface area contributed by atoms with Gasteiger partial charge in [-0.15, -0.1) is 0 Å². The summed E-state index contributed by atoms with van der Waals surface area (Å²) in [4.78, 5) is 64.6. The van der Waals surface area contributed by atoms with Crippen LogP contribution in [0.4, 0.5) is 10.1 Å². The van der Waals surface area contributed by atoms with E-state index in [1.165, 1.54) is 17.1 Å². The average Bonchev–Trinajstić information content (AvgIpc) is 3.80. The molecule has 14 nitrogen and oxygen atoms in total. The fourth-order valence-corrected chi connectivity index (χ4v) is 9.13. The number of aliphatic hydroxyl groups is 1. The molecule has 2 aromatic carbocycles. The van der Waals surface area contributed by atoms with Crippen LogP contribution in [0.25, 0.3) is 11.1 Å². The number of anilines is 1. The number of aliphatic hydroxyl groups excluding tert-OH is 1. The molecule has 15 heteroatoms. The SMILES string of the molecule is C=C(CNC(=O)CCCCCN1C(=O)C=CC1=O)NC(CCCNC)C(=O)Nc1ccc(CO[C@H]2CCc3c(C)c(F)cc(C)c3/C2=C2/Cn3c(cc4c(c3=O)COC(=C)C4O)C2=C)cc1. The molecule has 1 aromatic heterocycles. The number of carbonyl (C=O) groups excluding carboxylic acids is 4. The molecule has 2 unspecified atom stereocenters. The minimum Gasteiger partial charge on any atom is -0.491 e. The fourth-order valence-electron chi connectivity index (χ4n) is 9.13. The lowest BCUT2D eigenvalue weighted by atomic mass is 9.77. The van der Waals surface area contributed by atoms with Gasteiger partial charge in [0.15, 0.2) is 0 Å². The molecule has 4 aliphatic rings. The first kappa shape index (κ1) is 47.5. The largest absolute Gasteiger partial charge is 0.491 e. The molecule has 0 spiro atoms. The monoisotopic (exact) mass is 902 g/mol. The summed E-state index contributed by atoms with van der Waals surface area (Å²) in [7, 11) is 1.85. The van der Waals surface area contributed by atoms with Crippen LogP contribution in [-0.4, -0.2) is 77.0 Å². The average molecular weight is 903 g/mol. The highest BCUT2D eigenvalue weighted by Gasteiger charge is 2.37. The van der Waals surface area contributed by atoms with Crippen molar-refractivity contribution < 1.29 is 38.1 Å². The molecule has 3 aromatic rings. The lowest BCUT2D eigenvalue weighted by molar-refractivity contribution is -0.137. The topological polar surface area (TPSA) is 180 Å². The van der Waals surface area contributed by atoms with Crippen LogP contribution in [0, 0.1) is 19.7 Å². The smallest absolute Gasteiger partial charge is 0.258 e. The van der Waals surface area contributed by atoms with Crippen molar-refractivity contribution in [3.8, 4) is 0 Å². The van der Waals surface area contributed by atoms with Gasteiger partial charge in [-0.3, -0.25) is 28.9 Å². The van der Waals surface area contributed by atoms with Crippen molar-refractivity contribution in [2.24, 2.45) is 0 Å². The van der Waals surface area contributed by atoms with E-state index in [4.69, 9.17) is 9.47 Å². The van der Waals surface area contributed by atoms with E-state index in [1.807, 2.05) is 38.2 Å². The summed E-state index contributed by atoms with van der Waals surface area (Å²) in [5.41, 5.74) is 8.60. The number of unbranched alkanes of at least 4 members (excludes halogenated alkanes) is 2. The molecule has 3 aliphatic heterocycles. The van der Waals surface area contributed by atoms with E-state index in [1.54, 1.807) is 23.6 Å². The van der Waals surface area contributed by atoms with Crippen LogP contribution in [0.5, 0.6) is 0 Å². The Balaban J connectivity index is 0.979. The number of fused-ring (bicyclic) bond motifs is 3. The summed E-state index contributed by atoms with van der Waals surface area (Å²) in [5.74, 6) is -1.12. The zero-order valence-corrected chi connectivity index (χ0v) is 37.9. The number of hydrogen-bond acceptors (Lipinski definition) is 10. The lowest BCUT2D eigenvalue weighted by Crippen LogP contribution is -2.42. The minimum absolute atomic E-state index is 0.0155. The van der Waals surface area contributed by atoms with Gasteiger partial charge in [-0.25, -0.2) is 4.39 Å². The number of carbonyl (C=O) groups is 4. The predicted molar refractivity (Wildman–Crippen MR) is 250 cm³/mol. The Kier molecular flexibility index (Phi) is 15.0. The van der Waals surface area contributed by atoms with Gasteiger partial charge in [0.25, 0.3) is 17.4 Å². The maximum atomic E-state index is 15.1. The maximum Gasteiger partial charge on any atom is 0.258 e. The Morgan fingerprint density at radius 2 is 1.76 bits per heavy atom. The predicted octanol–water partition coefficient (Wildman–Crippen LogP) is 5.71. The first-order valence-electron chi connectivity index (χ1n) is 22.5. The van der Waals surface area contributed by atoms with Crippen molar-refractivity contribution >= 4 is 40.5 Å². The third-order valence-electron chi connectivity index (χ3n) is 12.8. The van der Waals surface area contributed by atoms with E-state index in [0.717, 1.165) is 33.4 Å². The summed E-state index contributed by atoms with van der Waals surface area (Å²) >= 11 is 0. The number of amides is 4. The first-order chi connectivity index (χ1) is 31.7. The second-order valence-electron chi connectivity index (χ2n) is 17.4. The highest BCUT2D eigenvalue weighted by atomic mass is 19.1. The number of benzene rings is 2. The zero-order valence-electron chi connectivity index (χ0n) is 37.9. The molecule has 1 aliphatic carbocycles. The first-order valence-corrected chi connectivity index (χ1v) is 22.5. The summed E-state index contributed by atoms with van der Waals surface area (Å²) in [6.45, 7) is 17.6. The van der Waals surface area contributed by atoms with Crippen molar-refractivity contribution in [3.05, 3.63) is 146 Å². The second-order valence-corrected chi connectivity index (χ2v) is 17.4. The van der Waals surface area contributed by atoms with Crippen molar-refractivity contribution in [1.29, 1.82) is 0 Å². The summed E-state index contributed by atoms with van der Waals surface area (Å²) in [5, 5.41) is 23.0. The molecule has 7 rings (SSSR count). The molecule has 5 N–H and O–H groups in total. The Morgan fingerprint density at radius 1 is 1.02 bits per heavy atom. The maximum absolute atomic E-state index is 15.1. The number of allylic oxidation sites excluding steroid dienone is 2. The number of ether oxygens (including phenoxy) is 2. The number of imide groups is 1. The van der Waals surface area contributed by atoms with Crippen LogP contribution in [0.2, 0.25) is 0 Å². The van der Waals surface area contributed by atoms with Gasteiger partial charge in [-0.1, -0.05) is 38.3 Å². The van der Waals surface area contributed by atoms with E-state index < -0.39 is 18.2 Å². The van der Waals surface area contributed by atoms with E-state index in [0.29, 0.717) is 97.4 Å². The summed E-state index contributed by atoms with van der Waals surface area (Å²) < 4.78 is 29.0. The molecule has 0 radical (unpaired) electrons.